The van der Waals surface area contributed by atoms with Crippen LogP contribution in [0.3, 0.4) is 0 Å². The van der Waals surface area contributed by atoms with Crippen molar-refractivity contribution in [2.45, 2.75) is 77.2 Å². The summed E-state index contributed by atoms with van der Waals surface area (Å²) in [5.41, 5.74) is -2.07. The second-order valence-electron chi connectivity index (χ2n) is 8.58. The van der Waals surface area contributed by atoms with Gasteiger partial charge in [-0.1, -0.05) is 57.1 Å². The monoisotopic (exact) mass is 419 g/mol. The number of carbonyl (C=O) groups excluding carboxylic acids is 1. The smallest absolute Gasteiger partial charge is 0.333 e. The number of hydrogen-bond acceptors (Lipinski definition) is 5. The highest BCUT2D eigenvalue weighted by molar-refractivity contribution is 5.74. The van der Waals surface area contributed by atoms with Crippen molar-refractivity contribution in [1.82, 2.24) is 14.5 Å². The number of nitrogens with one attached hydrogen (secondary N) is 2. The van der Waals surface area contributed by atoms with Gasteiger partial charge in [0.2, 0.25) is 0 Å². The molecule has 30 heavy (non-hydrogen) atoms. The number of allylic oxidation sites excluding steroid dienone is 2. The summed E-state index contributed by atoms with van der Waals surface area (Å²) in [6, 6.07) is 0. The summed E-state index contributed by atoms with van der Waals surface area (Å²) in [4.78, 5) is 50.4. The SMILES string of the molecule is O=C(OCCCCCCCCCCCn1c(=O)[nH]c(=O)[nH]c1=O)[C@@H]1C[C@@H]2C=C[C@H]1C2. The molecular weight excluding hydrogens is 386 g/mol. The molecule has 166 valence electrons. The number of unbranched alkanes of at least 4 members (excludes halogenated alkanes) is 8. The zero-order chi connectivity index (χ0) is 21.3. The average Bonchev–Trinajstić information content (AvgIpc) is 3.33. The molecule has 0 spiro atoms. The summed E-state index contributed by atoms with van der Waals surface area (Å²) in [7, 11) is 0. The van der Waals surface area contributed by atoms with Crippen LogP contribution in [0.2, 0.25) is 0 Å². The lowest BCUT2D eigenvalue weighted by Gasteiger charge is -2.16. The third-order valence-corrected chi connectivity index (χ3v) is 6.28. The fourth-order valence-electron chi connectivity index (χ4n) is 4.60. The summed E-state index contributed by atoms with van der Waals surface area (Å²) >= 11 is 0. The van der Waals surface area contributed by atoms with Crippen LogP contribution in [0.5, 0.6) is 0 Å². The van der Waals surface area contributed by atoms with E-state index >= 15 is 0 Å². The molecule has 1 saturated carbocycles. The molecule has 0 aromatic carbocycles. The van der Waals surface area contributed by atoms with Crippen LogP contribution in [0.15, 0.2) is 26.5 Å². The minimum atomic E-state index is -0.766. The Morgan fingerprint density at radius 1 is 0.867 bits per heavy atom. The molecule has 1 aromatic rings. The van der Waals surface area contributed by atoms with E-state index in [2.05, 4.69) is 22.1 Å². The Labute approximate surface area is 175 Å². The number of fused-ring (bicyclic) bond motifs is 2. The van der Waals surface area contributed by atoms with Crippen molar-refractivity contribution in [2.24, 2.45) is 17.8 Å². The summed E-state index contributed by atoms with van der Waals surface area (Å²) in [6.45, 7) is 0.863. The zero-order valence-electron chi connectivity index (χ0n) is 17.6. The van der Waals surface area contributed by atoms with Crippen LogP contribution >= 0.6 is 0 Å². The van der Waals surface area contributed by atoms with E-state index in [0.717, 1.165) is 68.8 Å². The lowest BCUT2D eigenvalue weighted by atomic mass is 9.94. The van der Waals surface area contributed by atoms with E-state index < -0.39 is 17.1 Å². The number of nitrogens with zero attached hydrogens (tertiary/aromatic N) is 1. The Hall–Kier alpha value is -2.38. The van der Waals surface area contributed by atoms with Gasteiger partial charge in [0.1, 0.15) is 0 Å². The van der Waals surface area contributed by atoms with E-state index in [9.17, 15) is 19.2 Å². The molecule has 0 unspecified atom stereocenters. The van der Waals surface area contributed by atoms with E-state index in [1.165, 1.54) is 6.42 Å². The van der Waals surface area contributed by atoms with Crippen LogP contribution in [0.4, 0.5) is 0 Å². The van der Waals surface area contributed by atoms with E-state index in [-0.39, 0.29) is 11.9 Å². The minimum Gasteiger partial charge on any atom is -0.465 e. The molecule has 1 fully saturated rings. The molecule has 8 nitrogen and oxygen atoms in total. The first kappa shape index (κ1) is 22.3. The largest absolute Gasteiger partial charge is 0.465 e. The molecule has 0 amide bonds. The molecule has 1 aromatic heterocycles. The van der Waals surface area contributed by atoms with Crippen LogP contribution in [-0.2, 0) is 16.1 Å². The molecule has 0 radical (unpaired) electrons. The fourth-order valence-corrected chi connectivity index (χ4v) is 4.60. The van der Waals surface area contributed by atoms with Gasteiger partial charge in [0, 0.05) is 6.54 Å². The number of aromatic nitrogens is 3. The third kappa shape index (κ3) is 6.31. The highest BCUT2D eigenvalue weighted by Crippen LogP contribution is 2.43. The molecule has 2 aliphatic rings. The minimum absolute atomic E-state index is 0.00188. The molecule has 3 rings (SSSR count). The van der Waals surface area contributed by atoms with Crippen molar-refractivity contribution >= 4 is 5.97 Å². The molecule has 0 aliphatic heterocycles. The molecule has 3 atom stereocenters. The maximum absolute atomic E-state index is 12.1. The number of rotatable bonds is 13. The van der Waals surface area contributed by atoms with E-state index in [0.29, 0.717) is 25.0 Å². The van der Waals surface area contributed by atoms with E-state index in [1.807, 2.05) is 0 Å². The summed E-state index contributed by atoms with van der Waals surface area (Å²) < 4.78 is 6.50. The summed E-state index contributed by atoms with van der Waals surface area (Å²) in [5, 5.41) is 0. The van der Waals surface area contributed by atoms with Crippen LogP contribution in [0.1, 0.15) is 70.6 Å². The number of H-pyrrole nitrogens is 2. The Balaban J connectivity index is 1.13. The topological polar surface area (TPSA) is 114 Å². The second kappa shape index (κ2) is 11.1. The molecule has 2 bridgehead atoms. The zero-order valence-corrected chi connectivity index (χ0v) is 17.6. The Kier molecular flexibility index (Phi) is 8.28. The molecule has 1 heterocycles. The summed E-state index contributed by atoms with van der Waals surface area (Å²) in [5.74, 6) is 1.11. The van der Waals surface area contributed by atoms with Gasteiger partial charge in [-0.2, -0.15) is 0 Å². The Morgan fingerprint density at radius 2 is 1.47 bits per heavy atom. The normalized spacial score (nSPS) is 21.9. The highest BCUT2D eigenvalue weighted by Gasteiger charge is 2.40. The van der Waals surface area contributed by atoms with Crippen LogP contribution in [0.25, 0.3) is 0 Å². The number of esters is 1. The van der Waals surface area contributed by atoms with Gasteiger partial charge < -0.3 is 4.74 Å². The second-order valence-corrected chi connectivity index (χ2v) is 8.58. The lowest BCUT2D eigenvalue weighted by molar-refractivity contribution is -0.149. The van der Waals surface area contributed by atoms with Gasteiger partial charge >= 0.3 is 23.0 Å². The maximum Gasteiger partial charge on any atom is 0.333 e. The van der Waals surface area contributed by atoms with Gasteiger partial charge in [-0.3, -0.25) is 14.8 Å². The van der Waals surface area contributed by atoms with Crippen molar-refractivity contribution in [3.05, 3.63) is 43.6 Å². The molecule has 2 N–H and O–H groups in total. The molecule has 8 heteroatoms. The predicted octanol–water partition coefficient (Wildman–Crippen LogP) is 2.49. The predicted molar refractivity (Wildman–Crippen MR) is 113 cm³/mol. The molecular formula is C22H33N3O5. The van der Waals surface area contributed by atoms with Gasteiger partial charge in [-0.15, -0.1) is 0 Å². The first-order valence-electron chi connectivity index (χ1n) is 11.3. The van der Waals surface area contributed by atoms with Crippen LogP contribution < -0.4 is 17.1 Å². The quantitative estimate of drug-likeness (QED) is 0.290. The first-order chi connectivity index (χ1) is 14.5. The van der Waals surface area contributed by atoms with Gasteiger partial charge in [0.15, 0.2) is 0 Å². The maximum atomic E-state index is 12.1. The van der Waals surface area contributed by atoms with E-state index in [1.54, 1.807) is 0 Å². The molecule has 0 saturated heterocycles. The summed E-state index contributed by atoms with van der Waals surface area (Å²) in [6.07, 6.45) is 15.9. The van der Waals surface area contributed by atoms with Crippen molar-refractivity contribution in [3.8, 4) is 0 Å². The van der Waals surface area contributed by atoms with Crippen molar-refractivity contribution in [1.29, 1.82) is 0 Å². The van der Waals surface area contributed by atoms with Crippen LogP contribution in [-0.4, -0.2) is 27.1 Å². The van der Waals surface area contributed by atoms with Crippen molar-refractivity contribution in [3.63, 3.8) is 0 Å². The Bertz CT molecular complexity index is 863. The standard InChI is InChI=1S/C22H33N3O5/c26-19(18-15-16-10-11-17(18)14-16)30-13-9-7-5-3-1-2-4-6-8-12-25-21(28)23-20(27)24-22(25)29/h10-11,16-18H,1-9,12-15H2,(H2,23,24,27,28,29)/t16-,17+,18-/m1/s1. The number of aromatic amines is 2. The Morgan fingerprint density at radius 3 is 2.03 bits per heavy atom. The first-order valence-corrected chi connectivity index (χ1v) is 11.3. The van der Waals surface area contributed by atoms with Gasteiger partial charge in [-0.25, -0.2) is 19.0 Å². The van der Waals surface area contributed by atoms with Crippen LogP contribution in [0, 0.1) is 17.8 Å². The van der Waals surface area contributed by atoms with Gasteiger partial charge in [0.25, 0.3) is 0 Å². The number of hydrogen-bond donors (Lipinski definition) is 2. The van der Waals surface area contributed by atoms with Gasteiger partial charge in [-0.05, 0) is 37.5 Å². The third-order valence-electron chi connectivity index (χ3n) is 6.28. The average molecular weight is 420 g/mol. The molecule has 2 aliphatic carbocycles. The highest BCUT2D eigenvalue weighted by atomic mass is 16.5. The number of carbonyl (C=O) groups is 1. The fraction of sp³-hybridized carbons (Fsp3) is 0.727. The van der Waals surface area contributed by atoms with Crippen molar-refractivity contribution < 1.29 is 9.53 Å². The number of ether oxygens (including phenoxy) is 1. The van der Waals surface area contributed by atoms with Crippen molar-refractivity contribution in [2.75, 3.05) is 6.61 Å². The lowest BCUT2D eigenvalue weighted by Crippen LogP contribution is -2.43. The van der Waals surface area contributed by atoms with E-state index in [4.69, 9.17) is 4.74 Å². The van der Waals surface area contributed by atoms with Gasteiger partial charge in [0.05, 0.1) is 12.5 Å².